The molecular weight excluding hydrogens is 303 g/mol. The molecule has 5 heteroatoms. The molecular formula is C18H16F3NO. The molecule has 0 aliphatic carbocycles. The molecule has 0 saturated carbocycles. The van der Waals surface area contributed by atoms with Crippen molar-refractivity contribution in [2.45, 2.75) is 19.0 Å². The second-order valence-electron chi connectivity index (χ2n) is 5.47. The van der Waals surface area contributed by atoms with Gasteiger partial charge in [0.2, 0.25) is 0 Å². The smallest absolute Gasteiger partial charge is 0.416 e. The first-order valence-corrected chi connectivity index (χ1v) is 7.34. The van der Waals surface area contributed by atoms with E-state index >= 15 is 0 Å². The molecule has 2 aromatic rings. The van der Waals surface area contributed by atoms with Crippen LogP contribution in [0.5, 0.6) is 5.75 Å². The van der Waals surface area contributed by atoms with Crippen LogP contribution in [0.15, 0.2) is 47.5 Å². The zero-order valence-electron chi connectivity index (χ0n) is 12.7. The Balaban J connectivity index is 1.83. The number of fused-ring (bicyclic) bond motifs is 1. The molecule has 2 aromatic carbocycles. The molecule has 2 nitrogen and oxygen atoms in total. The molecule has 0 atom stereocenters. The summed E-state index contributed by atoms with van der Waals surface area (Å²) in [5.41, 5.74) is 3.32. The molecule has 0 bridgehead atoms. The van der Waals surface area contributed by atoms with Gasteiger partial charge in [0.05, 0.1) is 12.7 Å². The molecule has 0 spiro atoms. The van der Waals surface area contributed by atoms with Crippen LogP contribution in [-0.4, -0.2) is 19.4 Å². The first kappa shape index (κ1) is 15.6. The van der Waals surface area contributed by atoms with Crippen LogP contribution in [0.3, 0.4) is 0 Å². The van der Waals surface area contributed by atoms with Crippen molar-refractivity contribution in [3.63, 3.8) is 0 Å². The molecule has 1 aliphatic rings. The van der Waals surface area contributed by atoms with E-state index in [2.05, 4.69) is 4.99 Å². The molecule has 0 unspecified atom stereocenters. The number of hydrogen-bond donors (Lipinski definition) is 0. The van der Waals surface area contributed by atoms with Crippen LogP contribution in [0, 0.1) is 0 Å². The fourth-order valence-electron chi connectivity index (χ4n) is 2.74. The highest BCUT2D eigenvalue weighted by Crippen LogP contribution is 2.29. The number of aliphatic imine (C=N–C) groups is 1. The summed E-state index contributed by atoms with van der Waals surface area (Å²) in [5.74, 6) is 0.805. The fraction of sp³-hybridized carbons (Fsp3) is 0.278. The van der Waals surface area contributed by atoms with Crippen molar-refractivity contribution in [1.82, 2.24) is 0 Å². The lowest BCUT2D eigenvalue weighted by Crippen LogP contribution is -2.15. The minimum Gasteiger partial charge on any atom is -0.497 e. The van der Waals surface area contributed by atoms with Crippen LogP contribution >= 0.6 is 0 Å². The van der Waals surface area contributed by atoms with E-state index < -0.39 is 11.7 Å². The third kappa shape index (κ3) is 3.38. The van der Waals surface area contributed by atoms with Gasteiger partial charge in [0, 0.05) is 18.7 Å². The molecule has 0 radical (unpaired) electrons. The van der Waals surface area contributed by atoms with Crippen LogP contribution in [0.1, 0.15) is 22.3 Å². The number of halogens is 3. The quantitative estimate of drug-likeness (QED) is 0.826. The average molecular weight is 319 g/mol. The molecule has 0 aromatic heterocycles. The van der Waals surface area contributed by atoms with E-state index in [1.807, 2.05) is 18.2 Å². The summed E-state index contributed by atoms with van der Waals surface area (Å²) in [5, 5.41) is 0. The number of alkyl halides is 3. The van der Waals surface area contributed by atoms with Crippen LogP contribution in [0.4, 0.5) is 13.2 Å². The highest BCUT2D eigenvalue weighted by Gasteiger charge is 2.30. The maximum atomic E-state index is 12.6. The minimum atomic E-state index is -4.30. The number of rotatable bonds is 3. The van der Waals surface area contributed by atoms with Gasteiger partial charge in [-0.1, -0.05) is 12.1 Å². The standard InChI is InChI=1S/C18H16F3NO/c1-23-15-6-7-16-13(11-15)8-9-22-17(16)10-12-2-4-14(5-3-12)18(19,20)21/h2-7,11H,8-10H2,1H3. The van der Waals surface area contributed by atoms with Gasteiger partial charge in [-0.05, 0) is 53.4 Å². The van der Waals surface area contributed by atoms with Gasteiger partial charge in [0.1, 0.15) is 5.75 Å². The minimum absolute atomic E-state index is 0.525. The van der Waals surface area contributed by atoms with E-state index in [-0.39, 0.29) is 0 Å². The van der Waals surface area contributed by atoms with E-state index in [9.17, 15) is 13.2 Å². The summed E-state index contributed by atoms with van der Waals surface area (Å²) in [6, 6.07) is 11.1. The Bertz CT molecular complexity index is 733. The third-order valence-electron chi connectivity index (χ3n) is 3.96. The second-order valence-corrected chi connectivity index (χ2v) is 5.47. The van der Waals surface area contributed by atoms with E-state index in [1.165, 1.54) is 17.7 Å². The predicted octanol–water partition coefficient (Wildman–Crippen LogP) is 4.30. The number of hydrogen-bond acceptors (Lipinski definition) is 2. The zero-order chi connectivity index (χ0) is 16.4. The van der Waals surface area contributed by atoms with Crippen molar-refractivity contribution in [3.8, 4) is 5.75 Å². The van der Waals surface area contributed by atoms with Gasteiger partial charge in [-0.3, -0.25) is 4.99 Å². The first-order valence-electron chi connectivity index (χ1n) is 7.34. The molecule has 1 aliphatic heterocycles. The normalized spacial score (nSPS) is 14.2. The first-order chi connectivity index (χ1) is 11.0. The van der Waals surface area contributed by atoms with E-state index in [0.29, 0.717) is 13.0 Å². The summed E-state index contributed by atoms with van der Waals surface area (Å²) in [6.45, 7) is 0.691. The summed E-state index contributed by atoms with van der Waals surface area (Å²) < 4.78 is 43.1. The van der Waals surface area contributed by atoms with Crippen molar-refractivity contribution in [2.24, 2.45) is 4.99 Å². The Morgan fingerprint density at radius 3 is 2.48 bits per heavy atom. The van der Waals surface area contributed by atoms with Crippen molar-refractivity contribution in [1.29, 1.82) is 0 Å². The van der Waals surface area contributed by atoms with Crippen LogP contribution < -0.4 is 4.74 Å². The van der Waals surface area contributed by atoms with Gasteiger partial charge in [-0.25, -0.2) is 0 Å². The number of methoxy groups -OCH3 is 1. The summed E-state index contributed by atoms with van der Waals surface area (Å²) in [6.07, 6.45) is -2.93. The highest BCUT2D eigenvalue weighted by atomic mass is 19.4. The molecule has 120 valence electrons. The lowest BCUT2D eigenvalue weighted by Gasteiger charge is -2.18. The molecule has 0 amide bonds. The number of benzene rings is 2. The van der Waals surface area contributed by atoms with Gasteiger partial charge in [-0.2, -0.15) is 13.2 Å². The zero-order valence-corrected chi connectivity index (χ0v) is 12.7. The van der Waals surface area contributed by atoms with Gasteiger partial charge in [0.15, 0.2) is 0 Å². The van der Waals surface area contributed by atoms with Crippen LogP contribution in [0.25, 0.3) is 0 Å². The Morgan fingerprint density at radius 2 is 1.83 bits per heavy atom. The lowest BCUT2D eigenvalue weighted by molar-refractivity contribution is -0.137. The van der Waals surface area contributed by atoms with Crippen molar-refractivity contribution < 1.29 is 17.9 Å². The average Bonchev–Trinajstić information content (AvgIpc) is 2.54. The molecule has 23 heavy (non-hydrogen) atoms. The van der Waals surface area contributed by atoms with Gasteiger partial charge in [-0.15, -0.1) is 0 Å². The second kappa shape index (κ2) is 6.07. The van der Waals surface area contributed by atoms with Gasteiger partial charge in [0.25, 0.3) is 0 Å². The predicted molar refractivity (Wildman–Crippen MR) is 83.3 cm³/mol. The molecule has 0 N–H and O–H groups in total. The summed E-state index contributed by atoms with van der Waals surface area (Å²) in [7, 11) is 1.63. The lowest BCUT2D eigenvalue weighted by atomic mass is 9.93. The molecule has 1 heterocycles. The van der Waals surface area contributed by atoms with E-state index in [4.69, 9.17) is 4.74 Å². The van der Waals surface area contributed by atoms with Gasteiger partial charge < -0.3 is 4.74 Å². The highest BCUT2D eigenvalue weighted by molar-refractivity contribution is 6.03. The molecule has 0 fully saturated rings. The Labute approximate surface area is 132 Å². The van der Waals surface area contributed by atoms with Crippen LogP contribution in [-0.2, 0) is 19.0 Å². The topological polar surface area (TPSA) is 21.6 Å². The molecule has 3 rings (SSSR count). The number of ether oxygens (including phenoxy) is 1. The summed E-state index contributed by atoms with van der Waals surface area (Å²) >= 11 is 0. The fourth-order valence-corrected chi connectivity index (χ4v) is 2.74. The number of nitrogens with zero attached hydrogens (tertiary/aromatic N) is 1. The Hall–Kier alpha value is -2.30. The maximum Gasteiger partial charge on any atom is 0.416 e. The Kier molecular flexibility index (Phi) is 4.11. The van der Waals surface area contributed by atoms with E-state index in [0.717, 1.165) is 41.1 Å². The van der Waals surface area contributed by atoms with Crippen molar-refractivity contribution in [2.75, 3.05) is 13.7 Å². The van der Waals surface area contributed by atoms with Crippen LogP contribution in [0.2, 0.25) is 0 Å². The SMILES string of the molecule is COc1ccc2c(c1)CCN=C2Cc1ccc(C(F)(F)F)cc1. The largest absolute Gasteiger partial charge is 0.497 e. The third-order valence-corrected chi connectivity index (χ3v) is 3.96. The van der Waals surface area contributed by atoms with Gasteiger partial charge >= 0.3 is 6.18 Å². The van der Waals surface area contributed by atoms with E-state index in [1.54, 1.807) is 7.11 Å². The summed E-state index contributed by atoms with van der Waals surface area (Å²) in [4.78, 5) is 4.55. The maximum absolute atomic E-state index is 12.6. The Morgan fingerprint density at radius 1 is 1.09 bits per heavy atom. The monoisotopic (exact) mass is 319 g/mol. The van der Waals surface area contributed by atoms with Crippen molar-refractivity contribution in [3.05, 3.63) is 64.7 Å². The van der Waals surface area contributed by atoms with Crippen molar-refractivity contribution >= 4 is 5.71 Å². The molecule has 0 saturated heterocycles.